The zero-order valence-corrected chi connectivity index (χ0v) is 24.2. The number of pyridine rings is 1. The zero-order chi connectivity index (χ0) is 31.8. The number of halogens is 5. The van der Waals surface area contributed by atoms with Gasteiger partial charge in [-0.2, -0.15) is 13.2 Å². The highest BCUT2D eigenvalue weighted by Crippen LogP contribution is 2.39. The lowest BCUT2D eigenvalue weighted by Gasteiger charge is -2.14. The molecule has 0 unspecified atom stereocenters. The summed E-state index contributed by atoms with van der Waals surface area (Å²) >= 11 is 0. The van der Waals surface area contributed by atoms with E-state index in [9.17, 15) is 27.1 Å². The molecule has 2 aromatic carbocycles. The van der Waals surface area contributed by atoms with Gasteiger partial charge in [0.15, 0.2) is 11.7 Å². The van der Waals surface area contributed by atoms with Crippen molar-refractivity contribution < 1.29 is 36.5 Å². The number of alkyl halides is 3. The summed E-state index contributed by atoms with van der Waals surface area (Å²) < 4.78 is 78.7. The van der Waals surface area contributed by atoms with Gasteiger partial charge < -0.3 is 24.9 Å². The number of hydrogen-bond acceptors (Lipinski definition) is 5. The summed E-state index contributed by atoms with van der Waals surface area (Å²) in [5.74, 6) is -2.46. The van der Waals surface area contributed by atoms with Crippen LogP contribution in [0.15, 0.2) is 102 Å². The van der Waals surface area contributed by atoms with Crippen LogP contribution in [0.3, 0.4) is 0 Å². The Kier molecular flexibility index (Phi) is 14.4. The summed E-state index contributed by atoms with van der Waals surface area (Å²) in [6.07, 6.45) is 3.71. The van der Waals surface area contributed by atoms with Crippen molar-refractivity contribution in [3.05, 3.63) is 113 Å². The summed E-state index contributed by atoms with van der Waals surface area (Å²) in [5.41, 5.74) is 6.59. The van der Waals surface area contributed by atoms with Gasteiger partial charge in [0.2, 0.25) is 0 Å². The van der Waals surface area contributed by atoms with E-state index in [1.807, 2.05) is 6.92 Å². The van der Waals surface area contributed by atoms with Gasteiger partial charge >= 0.3 is 6.18 Å². The number of phenolic OH excluding ortho intramolecular Hbond substituents is 1. The molecular formula is C32H36F5N3O3. The van der Waals surface area contributed by atoms with Gasteiger partial charge in [0, 0.05) is 32.7 Å². The molecule has 1 heterocycles. The van der Waals surface area contributed by atoms with E-state index in [0.717, 1.165) is 24.3 Å². The van der Waals surface area contributed by atoms with Crippen molar-refractivity contribution in [1.29, 1.82) is 0 Å². The van der Waals surface area contributed by atoms with Crippen LogP contribution in [0.25, 0.3) is 11.1 Å². The number of benzene rings is 2. The Morgan fingerprint density at radius 3 is 2.37 bits per heavy atom. The van der Waals surface area contributed by atoms with Crippen LogP contribution in [0.2, 0.25) is 0 Å². The van der Waals surface area contributed by atoms with Gasteiger partial charge in [-0.15, -0.1) is 0 Å². The van der Waals surface area contributed by atoms with Crippen molar-refractivity contribution in [1.82, 2.24) is 4.57 Å². The first-order valence-electron chi connectivity index (χ1n) is 13.4. The highest BCUT2D eigenvalue weighted by Gasteiger charge is 2.34. The third-order valence-electron chi connectivity index (χ3n) is 5.79. The topological polar surface area (TPSA) is 82.0 Å². The van der Waals surface area contributed by atoms with E-state index < -0.39 is 29.1 Å². The molecule has 0 radical (unpaired) electrons. The van der Waals surface area contributed by atoms with Crippen LogP contribution in [-0.2, 0) is 22.2 Å². The van der Waals surface area contributed by atoms with Crippen LogP contribution in [0.1, 0.15) is 25.0 Å². The summed E-state index contributed by atoms with van der Waals surface area (Å²) in [4.78, 5) is 4.16. The molecule has 3 aromatic rings. The predicted octanol–water partition coefficient (Wildman–Crippen LogP) is 7.36. The van der Waals surface area contributed by atoms with Gasteiger partial charge in [0.1, 0.15) is 5.75 Å². The van der Waals surface area contributed by atoms with Crippen molar-refractivity contribution in [3.8, 4) is 16.9 Å². The second-order valence-electron chi connectivity index (χ2n) is 9.01. The van der Waals surface area contributed by atoms with Gasteiger partial charge in [-0.25, -0.2) is 8.78 Å². The molecule has 43 heavy (non-hydrogen) atoms. The molecule has 0 atom stereocenters. The fraction of sp³-hybridized carbons (Fsp3) is 0.281. The number of rotatable bonds is 11. The number of allylic oxidation sites excluding steroid dienone is 5. The molecule has 0 fully saturated rings. The number of hydrogen-bond donors (Lipinski definition) is 2. The monoisotopic (exact) mass is 605 g/mol. The molecule has 0 amide bonds. The Morgan fingerprint density at radius 2 is 1.77 bits per heavy atom. The first kappa shape index (κ1) is 35.0. The first-order chi connectivity index (χ1) is 20.5. The molecule has 232 valence electrons. The minimum absolute atomic E-state index is 0.0302. The van der Waals surface area contributed by atoms with Crippen LogP contribution in [0.5, 0.6) is 5.75 Å². The number of anilines is 1. The number of nitrogens with two attached hydrogens (primary N) is 1. The maximum atomic E-state index is 13.7. The van der Waals surface area contributed by atoms with Crippen LogP contribution < -0.4 is 11.1 Å². The number of aromatic nitrogens is 1. The zero-order valence-electron chi connectivity index (χ0n) is 24.2. The molecule has 0 aliphatic carbocycles. The fourth-order valence-corrected chi connectivity index (χ4v) is 3.68. The Morgan fingerprint density at radius 1 is 1.05 bits per heavy atom. The van der Waals surface area contributed by atoms with Crippen LogP contribution in [0.4, 0.5) is 27.6 Å². The van der Waals surface area contributed by atoms with Crippen molar-refractivity contribution >= 4 is 5.69 Å². The van der Waals surface area contributed by atoms with Crippen LogP contribution >= 0.6 is 0 Å². The lowest BCUT2D eigenvalue weighted by molar-refractivity contribution is -0.137. The van der Waals surface area contributed by atoms with Gasteiger partial charge in [0.05, 0.1) is 36.4 Å². The number of nitrogens with zero attached hydrogens (tertiary/aromatic N) is 2. The normalized spacial score (nSPS) is 12.9. The molecule has 0 bridgehead atoms. The molecule has 0 saturated carbocycles. The van der Waals surface area contributed by atoms with Crippen molar-refractivity contribution in [3.63, 3.8) is 0 Å². The third kappa shape index (κ3) is 11.9. The molecule has 1 aromatic heterocycles. The van der Waals surface area contributed by atoms with Gasteiger partial charge in [0.25, 0.3) is 0 Å². The predicted molar refractivity (Wildman–Crippen MR) is 158 cm³/mol. The lowest BCUT2D eigenvalue weighted by Crippen LogP contribution is -2.13. The molecular weight excluding hydrogens is 569 g/mol. The maximum Gasteiger partial charge on any atom is 0.417 e. The van der Waals surface area contributed by atoms with Gasteiger partial charge in [-0.05, 0) is 60.9 Å². The summed E-state index contributed by atoms with van der Waals surface area (Å²) in [7, 11) is 1.67. The minimum Gasteiger partial charge on any atom is -0.508 e. The molecule has 11 heteroatoms. The van der Waals surface area contributed by atoms with E-state index in [-0.39, 0.29) is 12.1 Å². The number of ether oxygens (including phenoxy) is 2. The van der Waals surface area contributed by atoms with Crippen LogP contribution in [0, 0.1) is 0 Å². The smallest absolute Gasteiger partial charge is 0.417 e. The molecule has 3 rings (SSSR count). The van der Waals surface area contributed by atoms with Crippen molar-refractivity contribution in [2.24, 2.45) is 4.99 Å². The van der Waals surface area contributed by atoms with Gasteiger partial charge in [-0.1, -0.05) is 42.5 Å². The second-order valence-corrected chi connectivity index (χ2v) is 9.01. The molecule has 3 N–H and O–H groups in total. The average Bonchev–Trinajstić information content (AvgIpc) is 2.97. The van der Waals surface area contributed by atoms with Crippen molar-refractivity contribution in [2.75, 3.05) is 39.2 Å². The quantitative estimate of drug-likeness (QED) is 0.136. The molecule has 0 spiro atoms. The van der Waals surface area contributed by atoms with E-state index in [4.69, 9.17) is 15.2 Å². The van der Waals surface area contributed by atoms with E-state index in [2.05, 4.69) is 4.99 Å². The maximum absolute atomic E-state index is 13.7. The van der Waals surface area contributed by atoms with Crippen LogP contribution in [-0.4, -0.2) is 43.1 Å². The SMILES string of the molecule is CCOCCOC.C\C=C/C=C(F)\C(F)=C\CN=c1ccn(Cc2ccc(-c3ccc(O)cc3C(F)(F)F)cc2)cc1N. The van der Waals surface area contributed by atoms with E-state index >= 15 is 0 Å². The highest BCUT2D eigenvalue weighted by molar-refractivity contribution is 5.69. The van der Waals surface area contributed by atoms with Gasteiger partial charge in [-0.3, -0.25) is 4.99 Å². The lowest BCUT2D eigenvalue weighted by atomic mass is 9.98. The number of nitrogen functional groups attached to an aromatic ring is 1. The first-order valence-corrected chi connectivity index (χ1v) is 13.4. The third-order valence-corrected chi connectivity index (χ3v) is 5.79. The van der Waals surface area contributed by atoms with E-state index in [1.54, 1.807) is 67.4 Å². The Balaban J connectivity index is 0.000000821. The standard InChI is InChI=1S/C27H24F5N3O.C5H12O2/c1-2-3-4-23(28)24(29)11-13-34-26-12-14-35(17-25(26)33)16-18-5-7-19(8-6-18)21-10-9-20(36)15-22(21)27(30,31)32;1-3-7-5-4-6-2/h2-12,14-15,17,36H,13,16,33H2,1H3;3-5H2,1-2H3/b3-2-,23-4+,24-11-,34-26?;. The average molecular weight is 606 g/mol. The summed E-state index contributed by atoms with van der Waals surface area (Å²) in [6, 6.07) is 11.3. The Hall–Kier alpha value is -4.22. The van der Waals surface area contributed by atoms with E-state index in [1.165, 1.54) is 18.2 Å². The molecule has 0 aliphatic rings. The molecule has 0 aliphatic heterocycles. The van der Waals surface area contributed by atoms with Crippen molar-refractivity contribution in [2.45, 2.75) is 26.6 Å². The molecule has 6 nitrogen and oxygen atoms in total. The number of methoxy groups -OCH3 is 1. The second kappa shape index (κ2) is 17.7. The Labute approximate surface area is 247 Å². The fourth-order valence-electron chi connectivity index (χ4n) is 3.68. The molecule has 0 saturated heterocycles. The Bertz CT molecular complexity index is 1460. The van der Waals surface area contributed by atoms with E-state index in [0.29, 0.717) is 42.4 Å². The highest BCUT2D eigenvalue weighted by atomic mass is 19.4. The minimum atomic E-state index is -4.61. The number of aromatic hydroxyl groups is 1. The summed E-state index contributed by atoms with van der Waals surface area (Å²) in [5, 5.41) is 9.87. The number of phenols is 1. The summed E-state index contributed by atoms with van der Waals surface area (Å²) in [6.45, 7) is 6.14. The largest absolute Gasteiger partial charge is 0.508 e.